The highest BCUT2D eigenvalue weighted by Crippen LogP contribution is 2.20. The second kappa shape index (κ2) is 8.61. The van der Waals surface area contributed by atoms with Crippen LogP contribution >= 0.6 is 0 Å². The summed E-state index contributed by atoms with van der Waals surface area (Å²) in [6, 6.07) is 14.3. The van der Waals surface area contributed by atoms with Crippen LogP contribution in [0.25, 0.3) is 0 Å². The number of aromatic nitrogens is 1. The number of anilines is 2. The van der Waals surface area contributed by atoms with E-state index in [2.05, 4.69) is 50.9 Å². The molecule has 1 aromatic carbocycles. The molecule has 0 bridgehead atoms. The third-order valence-corrected chi connectivity index (χ3v) is 5.82. The molecule has 0 unspecified atom stereocenters. The van der Waals surface area contributed by atoms with Crippen LogP contribution in [-0.4, -0.2) is 79.6 Å². The molecule has 6 heteroatoms. The fourth-order valence-corrected chi connectivity index (χ4v) is 4.01. The minimum absolute atomic E-state index is 0.127. The van der Waals surface area contributed by atoms with Crippen molar-refractivity contribution in [3.63, 3.8) is 0 Å². The van der Waals surface area contributed by atoms with Gasteiger partial charge in [-0.15, -0.1) is 0 Å². The molecule has 2 saturated heterocycles. The zero-order chi connectivity index (χ0) is 19.3. The Hall–Kier alpha value is -2.60. The molecule has 2 aromatic rings. The number of rotatable bonds is 4. The van der Waals surface area contributed by atoms with Crippen molar-refractivity contribution in [1.82, 2.24) is 14.8 Å². The number of amides is 1. The van der Waals surface area contributed by atoms with E-state index < -0.39 is 0 Å². The molecule has 0 radical (unpaired) electrons. The Morgan fingerprint density at radius 3 is 2.25 bits per heavy atom. The summed E-state index contributed by atoms with van der Waals surface area (Å²) in [5.74, 6) is 1.04. The van der Waals surface area contributed by atoms with E-state index in [9.17, 15) is 4.79 Å². The lowest BCUT2D eigenvalue weighted by atomic mass is 10.2. The second-order valence-corrected chi connectivity index (χ2v) is 7.44. The summed E-state index contributed by atoms with van der Waals surface area (Å²) in [6.07, 6.45) is 1.77. The molecular formula is C22H29N5O. The summed E-state index contributed by atoms with van der Waals surface area (Å²) in [6.45, 7) is 10.5. The number of carbonyl (C=O) groups excluding carboxylic acids is 1. The first kappa shape index (κ1) is 18.7. The van der Waals surface area contributed by atoms with Gasteiger partial charge >= 0.3 is 0 Å². The molecule has 2 fully saturated rings. The highest BCUT2D eigenvalue weighted by molar-refractivity contribution is 5.95. The maximum atomic E-state index is 12.9. The molecule has 28 heavy (non-hydrogen) atoms. The third-order valence-electron chi connectivity index (χ3n) is 5.82. The lowest BCUT2D eigenvalue weighted by Crippen LogP contribution is -2.48. The van der Waals surface area contributed by atoms with Crippen LogP contribution in [0.15, 0.2) is 48.7 Å². The fraction of sp³-hybridized carbons (Fsp3) is 0.455. The van der Waals surface area contributed by atoms with E-state index in [1.54, 1.807) is 6.20 Å². The van der Waals surface area contributed by atoms with E-state index in [-0.39, 0.29) is 5.91 Å². The Morgan fingerprint density at radius 1 is 0.893 bits per heavy atom. The molecule has 3 heterocycles. The molecule has 0 spiro atoms. The first-order valence-electron chi connectivity index (χ1n) is 10.3. The van der Waals surface area contributed by atoms with Crippen LogP contribution in [0.5, 0.6) is 0 Å². The van der Waals surface area contributed by atoms with Crippen LogP contribution in [0.3, 0.4) is 0 Å². The maximum absolute atomic E-state index is 12.9. The molecule has 0 saturated carbocycles. The predicted molar refractivity (Wildman–Crippen MR) is 113 cm³/mol. The molecule has 1 amide bonds. The van der Waals surface area contributed by atoms with Gasteiger partial charge in [-0.25, -0.2) is 4.98 Å². The SMILES string of the molecule is CCN1CCN(C(=O)c2ccnc(N3CCN(c4ccccc4)CC3)c2)CC1. The van der Waals surface area contributed by atoms with E-state index >= 15 is 0 Å². The minimum atomic E-state index is 0.127. The smallest absolute Gasteiger partial charge is 0.254 e. The average molecular weight is 380 g/mol. The zero-order valence-corrected chi connectivity index (χ0v) is 16.6. The Labute approximate surface area is 167 Å². The van der Waals surface area contributed by atoms with Crippen LogP contribution in [0.1, 0.15) is 17.3 Å². The fourth-order valence-electron chi connectivity index (χ4n) is 4.01. The largest absolute Gasteiger partial charge is 0.368 e. The average Bonchev–Trinajstić information content (AvgIpc) is 2.79. The molecule has 148 valence electrons. The van der Waals surface area contributed by atoms with Gasteiger partial charge in [-0.1, -0.05) is 25.1 Å². The summed E-state index contributed by atoms with van der Waals surface area (Å²) >= 11 is 0. The van der Waals surface area contributed by atoms with Crippen molar-refractivity contribution >= 4 is 17.4 Å². The van der Waals surface area contributed by atoms with Crippen LogP contribution < -0.4 is 9.80 Å². The Morgan fingerprint density at radius 2 is 1.57 bits per heavy atom. The molecule has 0 N–H and O–H groups in total. The molecule has 2 aliphatic heterocycles. The van der Waals surface area contributed by atoms with E-state index in [1.807, 2.05) is 23.1 Å². The molecule has 0 aliphatic carbocycles. The van der Waals surface area contributed by atoms with Gasteiger partial charge in [-0.3, -0.25) is 4.79 Å². The third kappa shape index (κ3) is 4.12. The molecule has 2 aliphatic rings. The van der Waals surface area contributed by atoms with Crippen molar-refractivity contribution in [2.75, 3.05) is 68.7 Å². The van der Waals surface area contributed by atoms with E-state index in [1.165, 1.54) is 5.69 Å². The van der Waals surface area contributed by atoms with Gasteiger partial charge in [0.1, 0.15) is 5.82 Å². The number of hydrogen-bond donors (Lipinski definition) is 0. The Bertz CT molecular complexity index is 781. The van der Waals surface area contributed by atoms with Crippen LogP contribution in [-0.2, 0) is 0 Å². The molecular weight excluding hydrogens is 350 g/mol. The minimum Gasteiger partial charge on any atom is -0.368 e. The monoisotopic (exact) mass is 379 g/mol. The van der Waals surface area contributed by atoms with Gasteiger partial charge in [0, 0.05) is 69.8 Å². The zero-order valence-electron chi connectivity index (χ0n) is 16.6. The van der Waals surface area contributed by atoms with Crippen LogP contribution in [0, 0.1) is 0 Å². The maximum Gasteiger partial charge on any atom is 0.254 e. The number of carbonyl (C=O) groups is 1. The van der Waals surface area contributed by atoms with Gasteiger partial charge < -0.3 is 19.6 Å². The topological polar surface area (TPSA) is 42.9 Å². The van der Waals surface area contributed by atoms with Gasteiger partial charge in [-0.05, 0) is 30.8 Å². The summed E-state index contributed by atoms with van der Waals surface area (Å²) in [4.78, 5) is 26.5. The van der Waals surface area contributed by atoms with Crippen LogP contribution in [0.4, 0.5) is 11.5 Å². The Kier molecular flexibility index (Phi) is 5.76. The van der Waals surface area contributed by atoms with Crippen molar-refractivity contribution in [3.8, 4) is 0 Å². The highest BCUT2D eigenvalue weighted by Gasteiger charge is 2.23. The van der Waals surface area contributed by atoms with Crippen LogP contribution in [0.2, 0.25) is 0 Å². The van der Waals surface area contributed by atoms with Gasteiger partial charge in [0.2, 0.25) is 0 Å². The Balaban J connectivity index is 1.38. The van der Waals surface area contributed by atoms with Gasteiger partial charge in [0.05, 0.1) is 0 Å². The highest BCUT2D eigenvalue weighted by atomic mass is 16.2. The number of piperazine rings is 2. The van der Waals surface area contributed by atoms with Gasteiger partial charge in [0.25, 0.3) is 5.91 Å². The lowest BCUT2D eigenvalue weighted by molar-refractivity contribution is 0.0643. The molecule has 6 nitrogen and oxygen atoms in total. The summed E-state index contributed by atoms with van der Waals surface area (Å²) in [5, 5.41) is 0. The summed E-state index contributed by atoms with van der Waals surface area (Å²) in [7, 11) is 0. The van der Waals surface area contributed by atoms with Crippen molar-refractivity contribution < 1.29 is 4.79 Å². The quantitative estimate of drug-likeness (QED) is 0.815. The number of likely N-dealkylation sites (N-methyl/N-ethyl adjacent to an activating group) is 1. The van der Waals surface area contributed by atoms with Crippen molar-refractivity contribution in [1.29, 1.82) is 0 Å². The van der Waals surface area contributed by atoms with E-state index in [0.717, 1.165) is 70.3 Å². The number of para-hydroxylation sites is 1. The van der Waals surface area contributed by atoms with Gasteiger partial charge in [-0.2, -0.15) is 0 Å². The van der Waals surface area contributed by atoms with E-state index in [4.69, 9.17) is 0 Å². The number of benzene rings is 1. The first-order chi connectivity index (χ1) is 13.7. The predicted octanol–water partition coefficient (Wildman–Crippen LogP) is 2.19. The number of pyridine rings is 1. The molecule has 1 aromatic heterocycles. The molecule has 0 atom stereocenters. The van der Waals surface area contributed by atoms with E-state index in [0.29, 0.717) is 0 Å². The standard InChI is InChI=1S/C22H29N5O/c1-2-24-10-12-27(13-11-24)22(28)19-8-9-23-21(18-19)26-16-14-25(15-17-26)20-6-4-3-5-7-20/h3-9,18H,2,10-17H2,1H3. The normalized spacial score (nSPS) is 18.4. The second-order valence-electron chi connectivity index (χ2n) is 7.44. The van der Waals surface area contributed by atoms with Crippen molar-refractivity contribution in [2.45, 2.75) is 6.92 Å². The van der Waals surface area contributed by atoms with Crippen molar-refractivity contribution in [3.05, 3.63) is 54.2 Å². The van der Waals surface area contributed by atoms with Gasteiger partial charge in [0.15, 0.2) is 0 Å². The number of hydrogen-bond acceptors (Lipinski definition) is 5. The lowest BCUT2D eigenvalue weighted by Gasteiger charge is -2.37. The van der Waals surface area contributed by atoms with Crippen molar-refractivity contribution in [2.24, 2.45) is 0 Å². The molecule has 4 rings (SSSR count). The summed E-state index contributed by atoms with van der Waals surface area (Å²) < 4.78 is 0. The summed E-state index contributed by atoms with van der Waals surface area (Å²) in [5.41, 5.74) is 2.02. The number of nitrogens with zero attached hydrogens (tertiary/aromatic N) is 5. The first-order valence-corrected chi connectivity index (χ1v) is 10.3.